The molecule has 0 bridgehead atoms. The van der Waals surface area contributed by atoms with Crippen molar-refractivity contribution >= 4 is 29.2 Å². The lowest BCUT2D eigenvalue weighted by Crippen LogP contribution is -2.39. The van der Waals surface area contributed by atoms with E-state index >= 15 is 0 Å². The van der Waals surface area contributed by atoms with Crippen LogP contribution in [0.3, 0.4) is 0 Å². The van der Waals surface area contributed by atoms with Gasteiger partial charge < -0.3 is 15.0 Å². The highest BCUT2D eigenvalue weighted by atomic mass is 35.5. The van der Waals surface area contributed by atoms with Crippen LogP contribution in [0.1, 0.15) is 58.4 Å². The number of hydrogen-bond acceptors (Lipinski definition) is 5. The summed E-state index contributed by atoms with van der Waals surface area (Å²) in [6, 6.07) is 13.3. The lowest BCUT2D eigenvalue weighted by atomic mass is 9.98. The van der Waals surface area contributed by atoms with E-state index in [2.05, 4.69) is 22.5 Å². The van der Waals surface area contributed by atoms with E-state index in [-0.39, 0.29) is 18.2 Å². The lowest BCUT2D eigenvalue weighted by Gasteiger charge is -2.29. The Balaban J connectivity index is 0.00000133. The summed E-state index contributed by atoms with van der Waals surface area (Å²) in [6.07, 6.45) is 1.49. The first kappa shape index (κ1) is 24.0. The molecule has 34 heavy (non-hydrogen) atoms. The second kappa shape index (κ2) is 10.4. The Morgan fingerprint density at radius 3 is 2.71 bits per heavy atom. The van der Waals surface area contributed by atoms with Crippen molar-refractivity contribution in [1.82, 2.24) is 15.1 Å². The molecule has 7 nitrogen and oxygen atoms in total. The molecule has 3 aromatic rings. The fourth-order valence-electron chi connectivity index (χ4n) is 4.40. The average molecular weight is 481 g/mol. The minimum absolute atomic E-state index is 0.185. The smallest absolute Gasteiger partial charge is 0.359 e. The van der Waals surface area contributed by atoms with Crippen LogP contribution in [0.4, 0.5) is 5.69 Å². The van der Waals surface area contributed by atoms with Gasteiger partial charge in [-0.05, 0) is 67.8 Å². The van der Waals surface area contributed by atoms with E-state index in [1.54, 1.807) is 30.0 Å². The van der Waals surface area contributed by atoms with Gasteiger partial charge in [0.25, 0.3) is 5.91 Å². The van der Waals surface area contributed by atoms with E-state index in [0.29, 0.717) is 34.9 Å². The summed E-state index contributed by atoms with van der Waals surface area (Å²) in [4.78, 5) is 28.1. The van der Waals surface area contributed by atoms with E-state index in [4.69, 9.17) is 16.3 Å². The first-order valence-electron chi connectivity index (χ1n) is 11.8. The molecule has 2 aromatic carbocycles. The van der Waals surface area contributed by atoms with Crippen LogP contribution in [0.15, 0.2) is 42.5 Å². The molecule has 2 aliphatic heterocycles. The Hall–Kier alpha value is -3.16. The molecule has 0 saturated carbocycles. The molecular weight excluding hydrogens is 452 g/mol. The Morgan fingerprint density at radius 2 is 1.94 bits per heavy atom. The molecule has 0 spiro atoms. The molecule has 8 heteroatoms. The number of aromatic nitrogens is 2. The predicted molar refractivity (Wildman–Crippen MR) is 133 cm³/mol. The zero-order valence-corrected chi connectivity index (χ0v) is 20.5. The van der Waals surface area contributed by atoms with E-state index < -0.39 is 5.97 Å². The Labute approximate surface area is 204 Å². The number of amides is 1. The van der Waals surface area contributed by atoms with Crippen molar-refractivity contribution in [3.8, 4) is 5.69 Å². The fraction of sp³-hybridized carbons (Fsp3) is 0.346. The number of nitrogens with one attached hydrogen (secondary N) is 1. The van der Waals surface area contributed by atoms with Crippen LogP contribution in [-0.4, -0.2) is 41.4 Å². The third kappa shape index (κ3) is 4.45. The minimum atomic E-state index is -0.523. The number of hydrogen-bond donors (Lipinski definition) is 1. The molecule has 1 N–H and O–H groups in total. The maximum Gasteiger partial charge on any atom is 0.359 e. The number of nitrogens with zero attached hydrogens (tertiary/aromatic N) is 3. The molecule has 0 fully saturated rings. The van der Waals surface area contributed by atoms with Gasteiger partial charge in [-0.15, -0.1) is 0 Å². The monoisotopic (exact) mass is 480 g/mol. The Kier molecular flexibility index (Phi) is 7.34. The van der Waals surface area contributed by atoms with Gasteiger partial charge in [0.1, 0.15) is 5.69 Å². The molecule has 0 unspecified atom stereocenters. The zero-order chi connectivity index (χ0) is 24.2. The summed E-state index contributed by atoms with van der Waals surface area (Å²) in [5, 5.41) is 8.40. The van der Waals surface area contributed by atoms with E-state index in [0.717, 1.165) is 25.2 Å². The number of esters is 1. The standard InChI is InChI=1S/C24H23ClN4O3.C2H6/c1-2-32-24(31)21-20-9-11-28(18-7-6-15-8-10-26-14-16(15)12-18)23(30)22(20)29(27-21)19-5-3-4-17(25)13-19;1-2/h3-7,12-13,26H,2,8-11,14H2,1H3;1-2H3. The fourth-order valence-corrected chi connectivity index (χ4v) is 4.58. The molecule has 0 radical (unpaired) electrons. The number of benzene rings is 2. The molecular formula is C26H29ClN4O3. The Bertz CT molecular complexity index is 1220. The third-order valence-corrected chi connectivity index (χ3v) is 6.16. The number of ether oxygens (including phenoxy) is 1. The number of carbonyl (C=O) groups is 2. The average Bonchev–Trinajstić information content (AvgIpc) is 3.26. The number of rotatable bonds is 4. The summed E-state index contributed by atoms with van der Waals surface area (Å²) in [6.45, 7) is 8.21. The van der Waals surface area contributed by atoms with Gasteiger partial charge in [0.05, 0.1) is 12.3 Å². The molecule has 0 saturated heterocycles. The molecule has 3 heterocycles. The molecule has 0 atom stereocenters. The van der Waals surface area contributed by atoms with Crippen LogP contribution < -0.4 is 10.2 Å². The topological polar surface area (TPSA) is 76.5 Å². The molecule has 0 aliphatic carbocycles. The van der Waals surface area contributed by atoms with Crippen LogP contribution in [0.5, 0.6) is 0 Å². The van der Waals surface area contributed by atoms with Crippen molar-refractivity contribution in [2.45, 2.75) is 40.2 Å². The highest BCUT2D eigenvalue weighted by Crippen LogP contribution is 2.31. The number of fused-ring (bicyclic) bond motifs is 2. The number of anilines is 1. The van der Waals surface area contributed by atoms with Gasteiger partial charge in [-0.25, -0.2) is 9.48 Å². The van der Waals surface area contributed by atoms with E-state index in [1.165, 1.54) is 15.8 Å². The van der Waals surface area contributed by atoms with Crippen molar-refractivity contribution < 1.29 is 14.3 Å². The second-order valence-electron chi connectivity index (χ2n) is 7.87. The van der Waals surface area contributed by atoms with Crippen molar-refractivity contribution in [3.05, 3.63) is 75.6 Å². The van der Waals surface area contributed by atoms with Gasteiger partial charge in [0, 0.05) is 29.4 Å². The van der Waals surface area contributed by atoms with Crippen LogP contribution in [0.2, 0.25) is 5.02 Å². The number of carbonyl (C=O) groups excluding carboxylic acids is 2. The van der Waals surface area contributed by atoms with E-state index in [1.807, 2.05) is 26.0 Å². The van der Waals surface area contributed by atoms with Crippen molar-refractivity contribution in [2.75, 3.05) is 24.6 Å². The summed E-state index contributed by atoms with van der Waals surface area (Å²) < 4.78 is 6.72. The van der Waals surface area contributed by atoms with Gasteiger partial charge in [-0.1, -0.05) is 37.6 Å². The zero-order valence-electron chi connectivity index (χ0n) is 19.7. The molecule has 178 valence electrons. The summed E-state index contributed by atoms with van der Waals surface area (Å²) in [7, 11) is 0. The SMILES string of the molecule is CC.CCOC(=O)c1nn(-c2cccc(Cl)c2)c2c1CCN(c1ccc3c(c1)CNCC3)C2=O. The van der Waals surface area contributed by atoms with Crippen molar-refractivity contribution in [3.63, 3.8) is 0 Å². The summed E-state index contributed by atoms with van der Waals surface area (Å²) in [5.74, 6) is -0.719. The molecule has 5 rings (SSSR count). The third-order valence-electron chi connectivity index (χ3n) is 5.93. The lowest BCUT2D eigenvalue weighted by molar-refractivity contribution is 0.0517. The van der Waals surface area contributed by atoms with Gasteiger partial charge in [-0.2, -0.15) is 5.10 Å². The second-order valence-corrected chi connectivity index (χ2v) is 8.31. The highest BCUT2D eigenvalue weighted by molar-refractivity contribution is 6.30. The molecule has 1 aromatic heterocycles. The van der Waals surface area contributed by atoms with Crippen LogP contribution >= 0.6 is 11.6 Å². The first-order valence-corrected chi connectivity index (χ1v) is 12.1. The van der Waals surface area contributed by atoms with Crippen LogP contribution in [0.25, 0.3) is 5.69 Å². The summed E-state index contributed by atoms with van der Waals surface area (Å²) in [5.41, 5.74) is 5.16. The van der Waals surface area contributed by atoms with Gasteiger partial charge >= 0.3 is 5.97 Å². The number of halogens is 1. The largest absolute Gasteiger partial charge is 0.461 e. The van der Waals surface area contributed by atoms with Gasteiger partial charge in [-0.3, -0.25) is 4.79 Å². The maximum absolute atomic E-state index is 13.7. The van der Waals surface area contributed by atoms with E-state index in [9.17, 15) is 9.59 Å². The van der Waals surface area contributed by atoms with Crippen LogP contribution in [-0.2, 0) is 24.1 Å². The highest BCUT2D eigenvalue weighted by Gasteiger charge is 2.35. The van der Waals surface area contributed by atoms with Crippen molar-refractivity contribution in [1.29, 1.82) is 0 Å². The molecule has 1 amide bonds. The van der Waals surface area contributed by atoms with Crippen molar-refractivity contribution in [2.24, 2.45) is 0 Å². The van der Waals surface area contributed by atoms with Crippen LogP contribution in [0, 0.1) is 0 Å². The summed E-state index contributed by atoms with van der Waals surface area (Å²) >= 11 is 6.19. The predicted octanol–water partition coefficient (Wildman–Crippen LogP) is 4.58. The minimum Gasteiger partial charge on any atom is -0.461 e. The molecule has 2 aliphatic rings. The Morgan fingerprint density at radius 1 is 1.12 bits per heavy atom. The first-order chi connectivity index (χ1) is 16.6. The normalized spacial score (nSPS) is 14.6. The van der Waals surface area contributed by atoms with Gasteiger partial charge in [0.15, 0.2) is 5.69 Å². The maximum atomic E-state index is 13.7. The quantitative estimate of drug-likeness (QED) is 0.553. The van der Waals surface area contributed by atoms with Gasteiger partial charge in [0.2, 0.25) is 0 Å².